The lowest BCUT2D eigenvalue weighted by Gasteiger charge is -2.43. The van der Waals surface area contributed by atoms with Crippen LogP contribution in [0.5, 0.6) is 0 Å². The van der Waals surface area contributed by atoms with E-state index in [0.29, 0.717) is 12.0 Å². The minimum Gasteiger partial charge on any atom is -0.390 e. The van der Waals surface area contributed by atoms with Crippen LogP contribution in [0.25, 0.3) is 0 Å². The largest absolute Gasteiger partial charge is 0.390 e. The normalized spacial score (nSPS) is 37.5. The number of rotatable bonds is 3. The lowest BCUT2D eigenvalue weighted by atomic mass is 9.69. The van der Waals surface area contributed by atoms with Crippen LogP contribution in [-0.4, -0.2) is 23.3 Å². The summed E-state index contributed by atoms with van der Waals surface area (Å²) in [6, 6.07) is 0.661. The Bertz CT molecular complexity index is 203. The lowest BCUT2D eigenvalue weighted by molar-refractivity contribution is -0.0660. The van der Waals surface area contributed by atoms with Crippen molar-refractivity contribution in [3.05, 3.63) is 0 Å². The maximum Gasteiger partial charge on any atom is 0.0677 e. The molecule has 0 aliphatic heterocycles. The molecule has 2 N–H and O–H groups in total. The van der Waals surface area contributed by atoms with Crippen LogP contribution in [-0.2, 0) is 0 Å². The van der Waals surface area contributed by atoms with Crippen LogP contribution in [0.3, 0.4) is 0 Å². The minimum absolute atomic E-state index is 0.313. The summed E-state index contributed by atoms with van der Waals surface area (Å²) in [5, 5.41) is 14.3. The molecule has 0 atom stereocenters. The Morgan fingerprint density at radius 1 is 1.06 bits per heavy atom. The number of hydrogen-bond donors (Lipinski definition) is 2. The van der Waals surface area contributed by atoms with Gasteiger partial charge in [-0.05, 0) is 51.0 Å². The molecule has 0 unspecified atom stereocenters. The van der Waals surface area contributed by atoms with Crippen LogP contribution >= 0.6 is 0 Å². The van der Waals surface area contributed by atoms with Crippen molar-refractivity contribution in [2.24, 2.45) is 5.92 Å². The third-order valence-electron chi connectivity index (χ3n) is 4.71. The molecule has 2 nitrogen and oxygen atoms in total. The predicted molar refractivity (Wildman–Crippen MR) is 67.5 cm³/mol. The van der Waals surface area contributed by atoms with Gasteiger partial charge in [0.2, 0.25) is 0 Å². The first-order chi connectivity index (χ1) is 7.74. The van der Waals surface area contributed by atoms with Crippen molar-refractivity contribution in [3.8, 4) is 0 Å². The predicted octanol–water partition coefficient (Wildman–Crippen LogP) is 2.85. The highest BCUT2D eigenvalue weighted by atomic mass is 16.3. The first kappa shape index (κ1) is 12.4. The molecule has 2 fully saturated rings. The van der Waals surface area contributed by atoms with Crippen LogP contribution in [0.15, 0.2) is 0 Å². The van der Waals surface area contributed by atoms with Crippen LogP contribution in [0, 0.1) is 5.92 Å². The fourth-order valence-corrected chi connectivity index (χ4v) is 3.66. The molecular weight excluding hydrogens is 198 g/mol. The Morgan fingerprint density at radius 3 is 2.25 bits per heavy atom. The molecule has 0 aromatic rings. The fraction of sp³-hybridized carbons (Fsp3) is 1.00. The molecule has 94 valence electrons. The zero-order chi connectivity index (χ0) is 11.4. The van der Waals surface area contributed by atoms with E-state index in [0.717, 1.165) is 19.4 Å². The molecule has 0 saturated heterocycles. The first-order valence-corrected chi connectivity index (χ1v) is 7.20. The van der Waals surface area contributed by atoms with E-state index in [2.05, 4.69) is 12.2 Å². The topological polar surface area (TPSA) is 32.3 Å². The van der Waals surface area contributed by atoms with Gasteiger partial charge in [0.15, 0.2) is 0 Å². The van der Waals surface area contributed by atoms with Crippen molar-refractivity contribution in [1.82, 2.24) is 5.32 Å². The highest BCUT2D eigenvalue weighted by Crippen LogP contribution is 2.41. The van der Waals surface area contributed by atoms with E-state index in [4.69, 9.17) is 0 Å². The SMILES string of the molecule is CCNC1CCC(O)(C2CCCCC2)CC1. The molecule has 0 bridgehead atoms. The zero-order valence-electron chi connectivity index (χ0n) is 10.7. The Kier molecular flexibility index (Phi) is 4.26. The van der Waals surface area contributed by atoms with Gasteiger partial charge in [0.1, 0.15) is 0 Å². The summed E-state index contributed by atoms with van der Waals surface area (Å²) >= 11 is 0. The second-order valence-electron chi connectivity index (χ2n) is 5.77. The van der Waals surface area contributed by atoms with E-state index in [1.165, 1.54) is 44.9 Å². The quantitative estimate of drug-likeness (QED) is 0.774. The molecule has 0 amide bonds. The minimum atomic E-state index is -0.313. The first-order valence-electron chi connectivity index (χ1n) is 7.20. The molecule has 0 heterocycles. The van der Waals surface area contributed by atoms with E-state index in [1.807, 2.05) is 0 Å². The van der Waals surface area contributed by atoms with Crippen molar-refractivity contribution >= 4 is 0 Å². The van der Waals surface area contributed by atoms with Gasteiger partial charge in [-0.1, -0.05) is 26.2 Å². The smallest absolute Gasteiger partial charge is 0.0677 e. The average molecular weight is 225 g/mol. The van der Waals surface area contributed by atoms with E-state index in [-0.39, 0.29) is 5.60 Å². The Labute approximate surface area is 99.8 Å². The molecular formula is C14H27NO. The molecule has 2 aliphatic rings. The van der Waals surface area contributed by atoms with Crippen LogP contribution < -0.4 is 5.32 Å². The summed E-state index contributed by atoms with van der Waals surface area (Å²) in [6.07, 6.45) is 11.0. The Balaban J connectivity index is 1.84. The van der Waals surface area contributed by atoms with Crippen molar-refractivity contribution in [2.45, 2.75) is 76.4 Å². The van der Waals surface area contributed by atoms with Gasteiger partial charge in [0, 0.05) is 6.04 Å². The number of nitrogens with one attached hydrogen (secondary N) is 1. The van der Waals surface area contributed by atoms with Crippen molar-refractivity contribution in [3.63, 3.8) is 0 Å². The van der Waals surface area contributed by atoms with Gasteiger partial charge in [0.25, 0.3) is 0 Å². The van der Waals surface area contributed by atoms with Gasteiger partial charge >= 0.3 is 0 Å². The third kappa shape index (κ3) is 2.78. The summed E-state index contributed by atoms with van der Waals surface area (Å²) in [5.74, 6) is 0.601. The Hall–Kier alpha value is -0.0800. The molecule has 0 aromatic carbocycles. The highest BCUT2D eigenvalue weighted by Gasteiger charge is 2.39. The van der Waals surface area contributed by atoms with Gasteiger partial charge in [-0.2, -0.15) is 0 Å². The molecule has 16 heavy (non-hydrogen) atoms. The summed E-state index contributed by atoms with van der Waals surface area (Å²) < 4.78 is 0. The maximum absolute atomic E-state index is 10.8. The lowest BCUT2D eigenvalue weighted by Crippen LogP contribution is -2.46. The van der Waals surface area contributed by atoms with Gasteiger partial charge in [-0.3, -0.25) is 0 Å². The van der Waals surface area contributed by atoms with E-state index in [1.54, 1.807) is 0 Å². The molecule has 2 rings (SSSR count). The van der Waals surface area contributed by atoms with Gasteiger partial charge in [-0.15, -0.1) is 0 Å². The van der Waals surface area contributed by atoms with E-state index >= 15 is 0 Å². The molecule has 2 saturated carbocycles. The van der Waals surface area contributed by atoms with Crippen molar-refractivity contribution < 1.29 is 5.11 Å². The molecule has 2 aliphatic carbocycles. The molecule has 0 aromatic heterocycles. The summed E-state index contributed by atoms with van der Waals surface area (Å²) in [6.45, 7) is 3.23. The fourth-order valence-electron chi connectivity index (χ4n) is 3.66. The number of hydrogen-bond acceptors (Lipinski definition) is 2. The van der Waals surface area contributed by atoms with Crippen LogP contribution in [0.2, 0.25) is 0 Å². The average Bonchev–Trinajstić information content (AvgIpc) is 2.34. The highest BCUT2D eigenvalue weighted by molar-refractivity contribution is 4.93. The number of aliphatic hydroxyl groups is 1. The molecule has 0 spiro atoms. The standard InChI is InChI=1S/C14H27NO/c1-2-15-13-8-10-14(16,11-9-13)12-6-4-3-5-7-12/h12-13,15-16H,2-11H2,1H3. The van der Waals surface area contributed by atoms with Gasteiger partial charge in [0.05, 0.1) is 5.60 Å². The summed E-state index contributed by atoms with van der Waals surface area (Å²) in [7, 11) is 0. The second-order valence-corrected chi connectivity index (χ2v) is 5.77. The summed E-state index contributed by atoms with van der Waals surface area (Å²) in [5.41, 5.74) is -0.313. The Morgan fingerprint density at radius 2 is 1.69 bits per heavy atom. The maximum atomic E-state index is 10.8. The van der Waals surface area contributed by atoms with Crippen LogP contribution in [0.4, 0.5) is 0 Å². The zero-order valence-corrected chi connectivity index (χ0v) is 10.7. The van der Waals surface area contributed by atoms with Gasteiger partial charge in [-0.25, -0.2) is 0 Å². The monoisotopic (exact) mass is 225 g/mol. The van der Waals surface area contributed by atoms with Crippen LogP contribution in [0.1, 0.15) is 64.7 Å². The molecule has 2 heteroatoms. The molecule has 0 radical (unpaired) electrons. The van der Waals surface area contributed by atoms with Gasteiger partial charge < -0.3 is 10.4 Å². The second kappa shape index (κ2) is 5.50. The third-order valence-corrected chi connectivity index (χ3v) is 4.71. The van der Waals surface area contributed by atoms with Crippen molar-refractivity contribution in [2.75, 3.05) is 6.54 Å². The van der Waals surface area contributed by atoms with E-state index in [9.17, 15) is 5.11 Å². The van der Waals surface area contributed by atoms with Crippen molar-refractivity contribution in [1.29, 1.82) is 0 Å². The summed E-state index contributed by atoms with van der Waals surface area (Å²) in [4.78, 5) is 0. The van der Waals surface area contributed by atoms with E-state index < -0.39 is 0 Å².